The molecule has 0 aliphatic carbocycles. The van der Waals surface area contributed by atoms with Crippen molar-refractivity contribution < 1.29 is 4.79 Å². The van der Waals surface area contributed by atoms with Crippen LogP contribution in [-0.4, -0.2) is 20.5 Å². The van der Waals surface area contributed by atoms with Crippen molar-refractivity contribution in [2.75, 3.05) is 0 Å². The monoisotopic (exact) mass is 321 g/mol. The summed E-state index contributed by atoms with van der Waals surface area (Å²) in [5, 5.41) is 4.13. The van der Waals surface area contributed by atoms with Gasteiger partial charge in [0.15, 0.2) is 5.78 Å². The molecule has 100 valence electrons. The molecule has 0 radical (unpaired) electrons. The number of ketones is 1. The average Bonchev–Trinajstić information content (AvgIpc) is 2.80. The maximum absolute atomic E-state index is 12.2. The molecule has 5 heteroatoms. The number of hydrogen-bond donors (Lipinski definition) is 0. The molecule has 0 saturated heterocycles. The first-order chi connectivity index (χ1) is 9.11. The first kappa shape index (κ1) is 13.9. The molecule has 1 aromatic heterocycles. The molecule has 4 nitrogen and oxygen atoms in total. The Kier molecular flexibility index (Phi) is 4.47. The number of aryl methyl sites for hydroxylation is 2. The zero-order valence-electron chi connectivity index (χ0n) is 11.1. The maximum atomic E-state index is 12.2. The second-order valence-corrected chi connectivity index (χ2v) is 5.32. The fourth-order valence-electron chi connectivity index (χ4n) is 1.89. The van der Waals surface area contributed by atoms with E-state index in [9.17, 15) is 4.79 Å². The summed E-state index contributed by atoms with van der Waals surface area (Å²) < 4.78 is 2.81. The number of carbonyl (C=O) groups is 1. The van der Waals surface area contributed by atoms with Crippen LogP contribution in [0.1, 0.15) is 35.1 Å². The highest BCUT2D eigenvalue weighted by Crippen LogP contribution is 2.18. The zero-order valence-corrected chi connectivity index (χ0v) is 12.6. The van der Waals surface area contributed by atoms with Crippen molar-refractivity contribution in [3.63, 3.8) is 0 Å². The Morgan fingerprint density at radius 3 is 2.89 bits per heavy atom. The summed E-state index contributed by atoms with van der Waals surface area (Å²) in [5.41, 5.74) is 1.77. The molecule has 2 rings (SSSR count). The third kappa shape index (κ3) is 3.29. The Labute approximate surface area is 121 Å². The van der Waals surface area contributed by atoms with Gasteiger partial charge in [0.1, 0.15) is 12.2 Å². The van der Waals surface area contributed by atoms with Crippen LogP contribution in [0.5, 0.6) is 0 Å². The Balaban J connectivity index is 2.16. The van der Waals surface area contributed by atoms with E-state index in [1.807, 2.05) is 25.1 Å². The van der Waals surface area contributed by atoms with Gasteiger partial charge in [0.25, 0.3) is 0 Å². The lowest BCUT2D eigenvalue weighted by atomic mass is 10.1. The highest BCUT2D eigenvalue weighted by molar-refractivity contribution is 9.10. The summed E-state index contributed by atoms with van der Waals surface area (Å²) >= 11 is 3.43. The van der Waals surface area contributed by atoms with E-state index in [0.29, 0.717) is 12.0 Å². The lowest BCUT2D eigenvalue weighted by Crippen LogP contribution is -2.11. The number of hydrogen-bond acceptors (Lipinski definition) is 3. The van der Waals surface area contributed by atoms with Crippen LogP contribution >= 0.6 is 15.9 Å². The SMILES string of the molecule is CCCn1ncnc1CC(=O)c1ccc(Br)c(C)c1. The normalized spacial score (nSPS) is 10.7. The Morgan fingerprint density at radius 1 is 1.42 bits per heavy atom. The van der Waals surface area contributed by atoms with Gasteiger partial charge in [0.2, 0.25) is 0 Å². The molecule has 1 aromatic carbocycles. The number of aromatic nitrogens is 3. The first-order valence-corrected chi connectivity index (χ1v) is 7.07. The van der Waals surface area contributed by atoms with Gasteiger partial charge in [-0.15, -0.1) is 0 Å². The van der Waals surface area contributed by atoms with E-state index >= 15 is 0 Å². The lowest BCUT2D eigenvalue weighted by molar-refractivity contribution is 0.0989. The van der Waals surface area contributed by atoms with Gasteiger partial charge in [-0.05, 0) is 31.0 Å². The summed E-state index contributed by atoms with van der Waals surface area (Å²) in [6.45, 7) is 4.84. The minimum Gasteiger partial charge on any atom is -0.294 e. The predicted octanol–water partition coefficient (Wildman–Crippen LogP) is 3.18. The molecule has 0 atom stereocenters. The van der Waals surface area contributed by atoms with Gasteiger partial charge in [-0.1, -0.05) is 28.9 Å². The van der Waals surface area contributed by atoms with E-state index < -0.39 is 0 Å². The Morgan fingerprint density at radius 2 is 2.21 bits per heavy atom. The highest BCUT2D eigenvalue weighted by Gasteiger charge is 2.12. The molecule has 0 aliphatic rings. The van der Waals surface area contributed by atoms with E-state index in [2.05, 4.69) is 32.9 Å². The van der Waals surface area contributed by atoms with Gasteiger partial charge in [0.05, 0.1) is 6.42 Å². The van der Waals surface area contributed by atoms with Gasteiger partial charge in [-0.3, -0.25) is 4.79 Å². The zero-order chi connectivity index (χ0) is 13.8. The van der Waals surface area contributed by atoms with Crippen LogP contribution < -0.4 is 0 Å². The van der Waals surface area contributed by atoms with E-state index in [1.165, 1.54) is 6.33 Å². The van der Waals surface area contributed by atoms with E-state index in [0.717, 1.165) is 28.8 Å². The van der Waals surface area contributed by atoms with E-state index in [1.54, 1.807) is 4.68 Å². The molecular formula is C14H16BrN3O. The van der Waals surface area contributed by atoms with Crippen molar-refractivity contribution in [3.05, 3.63) is 46.0 Å². The summed E-state index contributed by atoms with van der Waals surface area (Å²) in [6, 6.07) is 5.63. The van der Waals surface area contributed by atoms with Gasteiger partial charge < -0.3 is 0 Å². The van der Waals surface area contributed by atoms with E-state index in [4.69, 9.17) is 0 Å². The number of nitrogens with zero attached hydrogens (tertiary/aromatic N) is 3. The van der Waals surface area contributed by atoms with Crippen LogP contribution in [0.3, 0.4) is 0 Å². The van der Waals surface area contributed by atoms with Crippen LogP contribution in [-0.2, 0) is 13.0 Å². The maximum Gasteiger partial charge on any atom is 0.170 e. The summed E-state index contributed by atoms with van der Waals surface area (Å²) in [5.74, 6) is 0.799. The largest absolute Gasteiger partial charge is 0.294 e. The molecule has 0 spiro atoms. The molecule has 0 N–H and O–H groups in total. The molecule has 0 aliphatic heterocycles. The number of benzene rings is 1. The fourth-order valence-corrected chi connectivity index (χ4v) is 2.13. The third-order valence-corrected chi connectivity index (χ3v) is 3.82. The number of halogens is 1. The Bertz CT molecular complexity index is 592. The molecule has 0 bridgehead atoms. The molecule has 0 saturated carbocycles. The van der Waals surface area contributed by atoms with Crippen LogP contribution in [0.25, 0.3) is 0 Å². The van der Waals surface area contributed by atoms with Crippen LogP contribution in [0, 0.1) is 6.92 Å². The second-order valence-electron chi connectivity index (χ2n) is 4.46. The van der Waals surface area contributed by atoms with Gasteiger partial charge in [-0.2, -0.15) is 5.10 Å². The fraction of sp³-hybridized carbons (Fsp3) is 0.357. The topological polar surface area (TPSA) is 47.8 Å². The smallest absolute Gasteiger partial charge is 0.170 e. The van der Waals surface area contributed by atoms with Crippen LogP contribution in [0.2, 0.25) is 0 Å². The average molecular weight is 322 g/mol. The molecule has 0 amide bonds. The van der Waals surface area contributed by atoms with Crippen molar-refractivity contribution >= 4 is 21.7 Å². The molecule has 1 heterocycles. The molecule has 2 aromatic rings. The van der Waals surface area contributed by atoms with Crippen molar-refractivity contribution in [2.45, 2.75) is 33.2 Å². The number of rotatable bonds is 5. The molecule has 19 heavy (non-hydrogen) atoms. The predicted molar refractivity (Wildman–Crippen MR) is 77.2 cm³/mol. The Hall–Kier alpha value is -1.49. The standard InChI is InChI=1S/C14H16BrN3O/c1-3-6-18-14(16-9-17-18)8-13(19)11-4-5-12(15)10(2)7-11/h4-5,7,9H,3,6,8H2,1-2H3. The summed E-state index contributed by atoms with van der Waals surface area (Å²) in [4.78, 5) is 16.4. The summed E-state index contributed by atoms with van der Waals surface area (Å²) in [6.07, 6.45) is 2.77. The minimum atomic E-state index is 0.0703. The molecule has 0 fully saturated rings. The van der Waals surface area contributed by atoms with Crippen molar-refractivity contribution in [1.82, 2.24) is 14.8 Å². The quantitative estimate of drug-likeness (QED) is 0.794. The lowest BCUT2D eigenvalue weighted by Gasteiger charge is -2.05. The van der Waals surface area contributed by atoms with Crippen LogP contribution in [0.4, 0.5) is 0 Å². The van der Waals surface area contributed by atoms with Crippen molar-refractivity contribution in [1.29, 1.82) is 0 Å². The first-order valence-electron chi connectivity index (χ1n) is 6.28. The van der Waals surface area contributed by atoms with Crippen LogP contribution in [0.15, 0.2) is 29.0 Å². The van der Waals surface area contributed by atoms with Gasteiger partial charge >= 0.3 is 0 Å². The van der Waals surface area contributed by atoms with Gasteiger partial charge in [0, 0.05) is 16.6 Å². The van der Waals surface area contributed by atoms with Crippen molar-refractivity contribution in [3.8, 4) is 0 Å². The number of Topliss-reactive ketones (excluding diaryl/α,β-unsaturated/α-hetero) is 1. The third-order valence-electron chi connectivity index (χ3n) is 2.93. The van der Waals surface area contributed by atoms with Crippen molar-refractivity contribution in [2.24, 2.45) is 0 Å². The van der Waals surface area contributed by atoms with Gasteiger partial charge in [-0.25, -0.2) is 9.67 Å². The molecular weight excluding hydrogens is 306 g/mol. The molecule has 0 unspecified atom stereocenters. The summed E-state index contributed by atoms with van der Waals surface area (Å²) in [7, 11) is 0. The van der Waals surface area contributed by atoms with E-state index in [-0.39, 0.29) is 5.78 Å². The minimum absolute atomic E-state index is 0.0703. The second kappa shape index (κ2) is 6.10. The highest BCUT2D eigenvalue weighted by atomic mass is 79.9. The number of carbonyl (C=O) groups excluding carboxylic acids is 1.